The van der Waals surface area contributed by atoms with Gasteiger partial charge in [-0.25, -0.2) is 0 Å². The van der Waals surface area contributed by atoms with Crippen molar-refractivity contribution < 1.29 is 19.1 Å². The van der Waals surface area contributed by atoms with Crippen molar-refractivity contribution in [3.8, 4) is 11.5 Å². The summed E-state index contributed by atoms with van der Waals surface area (Å²) in [6.45, 7) is 4.21. The Morgan fingerprint density at radius 1 is 1.18 bits per heavy atom. The van der Waals surface area contributed by atoms with Crippen LogP contribution < -0.4 is 20.5 Å². The number of benzene rings is 1. The Hall–Kier alpha value is -1.99. The van der Waals surface area contributed by atoms with E-state index >= 15 is 0 Å². The quantitative estimate of drug-likeness (QED) is 0.612. The van der Waals surface area contributed by atoms with Crippen LogP contribution in [0.5, 0.6) is 11.5 Å². The van der Waals surface area contributed by atoms with Crippen molar-refractivity contribution in [2.45, 2.75) is 45.1 Å². The van der Waals surface area contributed by atoms with Crippen LogP contribution >= 0.6 is 12.4 Å². The number of nitrogens with two attached hydrogens (primary N) is 1. The van der Waals surface area contributed by atoms with E-state index in [4.69, 9.17) is 15.2 Å². The first-order chi connectivity index (χ1) is 13.1. The number of halogens is 1. The van der Waals surface area contributed by atoms with E-state index < -0.39 is 0 Å². The molecule has 0 bridgehead atoms. The molecule has 1 unspecified atom stereocenters. The monoisotopic (exact) mass is 413 g/mol. The summed E-state index contributed by atoms with van der Waals surface area (Å²) in [5.41, 5.74) is 5.39. The van der Waals surface area contributed by atoms with Crippen LogP contribution in [0.1, 0.15) is 39.0 Å². The van der Waals surface area contributed by atoms with Crippen LogP contribution in [-0.4, -0.2) is 55.6 Å². The van der Waals surface area contributed by atoms with Crippen molar-refractivity contribution in [2.24, 2.45) is 5.73 Å². The van der Waals surface area contributed by atoms with Crippen molar-refractivity contribution >= 4 is 24.2 Å². The molecule has 0 aromatic heterocycles. The van der Waals surface area contributed by atoms with Gasteiger partial charge in [0.15, 0.2) is 6.61 Å². The van der Waals surface area contributed by atoms with E-state index in [1.54, 1.807) is 12.1 Å². The lowest BCUT2D eigenvalue weighted by atomic mass is 10.0. The van der Waals surface area contributed by atoms with Crippen molar-refractivity contribution in [1.29, 1.82) is 0 Å². The average molecular weight is 414 g/mol. The predicted molar refractivity (Wildman–Crippen MR) is 111 cm³/mol. The number of nitrogens with zero attached hydrogens (tertiary/aromatic N) is 1. The second-order valence-corrected chi connectivity index (χ2v) is 6.69. The molecule has 1 aromatic rings. The zero-order valence-electron chi connectivity index (χ0n) is 16.5. The van der Waals surface area contributed by atoms with Gasteiger partial charge in [0.2, 0.25) is 5.91 Å². The second-order valence-electron chi connectivity index (χ2n) is 6.69. The number of piperidine rings is 1. The van der Waals surface area contributed by atoms with Gasteiger partial charge in [0.05, 0.1) is 6.61 Å². The Bertz CT molecular complexity index is 598. The Labute approximate surface area is 173 Å². The predicted octanol–water partition coefficient (Wildman–Crippen LogP) is 2.12. The summed E-state index contributed by atoms with van der Waals surface area (Å²) in [7, 11) is 0. The molecule has 0 aliphatic carbocycles. The zero-order chi connectivity index (χ0) is 19.5. The molecule has 2 rings (SSSR count). The second kappa shape index (κ2) is 13.2. The summed E-state index contributed by atoms with van der Waals surface area (Å²) in [4.78, 5) is 26.1. The fourth-order valence-electron chi connectivity index (χ4n) is 3.07. The lowest BCUT2D eigenvalue weighted by molar-refractivity contribution is -0.137. The number of nitrogens with one attached hydrogen (secondary N) is 1. The first kappa shape index (κ1) is 24.0. The molecule has 2 amide bonds. The molecule has 0 spiro atoms. The summed E-state index contributed by atoms with van der Waals surface area (Å²) >= 11 is 0. The first-order valence-electron chi connectivity index (χ1n) is 9.76. The van der Waals surface area contributed by atoms with Gasteiger partial charge in [-0.3, -0.25) is 9.59 Å². The Morgan fingerprint density at radius 3 is 2.50 bits per heavy atom. The topological polar surface area (TPSA) is 93.9 Å². The summed E-state index contributed by atoms with van der Waals surface area (Å²) in [5.74, 6) is 1.30. The minimum Gasteiger partial charge on any atom is -0.494 e. The molecule has 0 radical (unpaired) electrons. The molecule has 7 nitrogen and oxygen atoms in total. The number of amides is 2. The van der Waals surface area contributed by atoms with E-state index in [-0.39, 0.29) is 36.9 Å². The van der Waals surface area contributed by atoms with Gasteiger partial charge in [-0.15, -0.1) is 12.4 Å². The van der Waals surface area contributed by atoms with E-state index in [1.807, 2.05) is 17.0 Å². The molecule has 3 N–H and O–H groups in total. The molecule has 28 heavy (non-hydrogen) atoms. The van der Waals surface area contributed by atoms with Crippen LogP contribution in [0.4, 0.5) is 0 Å². The highest BCUT2D eigenvalue weighted by Gasteiger charge is 2.27. The van der Waals surface area contributed by atoms with Gasteiger partial charge in [-0.1, -0.05) is 6.92 Å². The maximum absolute atomic E-state index is 12.6. The molecule has 1 aliphatic rings. The highest BCUT2D eigenvalue weighted by Crippen LogP contribution is 2.19. The van der Waals surface area contributed by atoms with Crippen LogP contribution in [0, 0.1) is 0 Å². The van der Waals surface area contributed by atoms with E-state index in [0.717, 1.165) is 31.4 Å². The van der Waals surface area contributed by atoms with E-state index in [1.165, 1.54) is 0 Å². The summed E-state index contributed by atoms with van der Waals surface area (Å²) in [6, 6.07) is 7.30. The van der Waals surface area contributed by atoms with Crippen LogP contribution in [0.2, 0.25) is 0 Å². The van der Waals surface area contributed by atoms with Crippen molar-refractivity contribution in [1.82, 2.24) is 10.2 Å². The summed E-state index contributed by atoms with van der Waals surface area (Å²) in [5, 5.41) is 2.87. The van der Waals surface area contributed by atoms with E-state index in [9.17, 15) is 9.59 Å². The number of rotatable bonds is 10. The molecule has 1 atom stereocenters. The fraction of sp³-hybridized carbons (Fsp3) is 0.600. The van der Waals surface area contributed by atoms with Gasteiger partial charge in [0.25, 0.3) is 5.91 Å². The Balaban J connectivity index is 0.00000392. The maximum Gasteiger partial charge on any atom is 0.260 e. The molecule has 0 saturated carbocycles. The van der Waals surface area contributed by atoms with Gasteiger partial charge in [0.1, 0.15) is 11.5 Å². The zero-order valence-corrected chi connectivity index (χ0v) is 17.3. The number of carbonyl (C=O) groups is 2. The van der Waals surface area contributed by atoms with Gasteiger partial charge >= 0.3 is 0 Å². The van der Waals surface area contributed by atoms with E-state index in [0.29, 0.717) is 38.4 Å². The number of hydrogen-bond donors (Lipinski definition) is 2. The van der Waals surface area contributed by atoms with Crippen molar-refractivity contribution in [3.63, 3.8) is 0 Å². The number of hydrogen-bond acceptors (Lipinski definition) is 5. The minimum absolute atomic E-state index is 0. The average Bonchev–Trinajstić information content (AvgIpc) is 2.70. The third-order valence-electron chi connectivity index (χ3n) is 4.51. The van der Waals surface area contributed by atoms with Crippen LogP contribution in [0.15, 0.2) is 24.3 Å². The van der Waals surface area contributed by atoms with E-state index in [2.05, 4.69) is 12.2 Å². The minimum atomic E-state index is -0.0721. The molecular formula is C20H32ClN3O4. The fourth-order valence-corrected chi connectivity index (χ4v) is 3.07. The van der Waals surface area contributed by atoms with Crippen LogP contribution in [-0.2, 0) is 9.59 Å². The highest BCUT2D eigenvalue weighted by atomic mass is 35.5. The lowest BCUT2D eigenvalue weighted by Gasteiger charge is -2.35. The molecule has 1 saturated heterocycles. The Kier molecular flexibility index (Phi) is 11.4. The number of ether oxygens (including phenoxy) is 2. The standard InChI is InChI=1S/C20H31N3O4.ClH/c1-2-13-26-17-6-8-18(9-7-17)27-15-20(25)23-12-4-3-5-16(23)14-22-19(24)10-11-21;/h6-9,16H,2-5,10-15,21H2,1H3,(H,22,24);1H. The molecule has 8 heteroatoms. The molecule has 158 valence electrons. The number of carbonyl (C=O) groups excluding carboxylic acids is 2. The summed E-state index contributed by atoms with van der Waals surface area (Å²) in [6.07, 6.45) is 4.18. The molecule has 1 fully saturated rings. The van der Waals surface area contributed by atoms with Crippen LogP contribution in [0.3, 0.4) is 0 Å². The van der Waals surface area contributed by atoms with Gasteiger partial charge < -0.3 is 25.4 Å². The van der Waals surface area contributed by atoms with Crippen molar-refractivity contribution in [2.75, 3.05) is 32.8 Å². The van der Waals surface area contributed by atoms with Gasteiger partial charge in [-0.05, 0) is 49.9 Å². The normalized spacial score (nSPS) is 16.1. The third kappa shape index (κ3) is 7.94. The lowest BCUT2D eigenvalue weighted by Crippen LogP contribution is -2.50. The smallest absolute Gasteiger partial charge is 0.260 e. The summed E-state index contributed by atoms with van der Waals surface area (Å²) < 4.78 is 11.2. The first-order valence-corrected chi connectivity index (χ1v) is 9.76. The third-order valence-corrected chi connectivity index (χ3v) is 4.51. The van der Waals surface area contributed by atoms with Crippen LogP contribution in [0.25, 0.3) is 0 Å². The maximum atomic E-state index is 12.6. The molecule has 1 aliphatic heterocycles. The SMILES string of the molecule is CCCOc1ccc(OCC(=O)N2CCCCC2CNC(=O)CCN)cc1.Cl. The Morgan fingerprint density at radius 2 is 1.86 bits per heavy atom. The largest absolute Gasteiger partial charge is 0.494 e. The van der Waals surface area contributed by atoms with Crippen molar-refractivity contribution in [3.05, 3.63) is 24.3 Å². The van der Waals surface area contributed by atoms with Gasteiger partial charge in [0, 0.05) is 32.1 Å². The molecule has 1 aromatic carbocycles. The highest BCUT2D eigenvalue weighted by molar-refractivity contribution is 5.85. The van der Waals surface area contributed by atoms with Gasteiger partial charge in [-0.2, -0.15) is 0 Å². The molecular weight excluding hydrogens is 382 g/mol. The molecule has 1 heterocycles. The number of likely N-dealkylation sites (tertiary alicyclic amines) is 1.